The van der Waals surface area contributed by atoms with Crippen LogP contribution in [0.4, 0.5) is 0 Å². The number of nitrogens with one attached hydrogen (secondary N) is 1. The summed E-state index contributed by atoms with van der Waals surface area (Å²) >= 11 is 0. The quantitative estimate of drug-likeness (QED) is 0.616. The van der Waals surface area contributed by atoms with E-state index in [-0.39, 0.29) is 18.4 Å². The molecule has 0 aliphatic heterocycles. The SMILES string of the molecule is CCC1C[C@H](C(=O)NCC(N)=O)[C@H](C(=O)O)C1. The molecule has 0 aromatic carbocycles. The van der Waals surface area contributed by atoms with Crippen LogP contribution in [0.2, 0.25) is 0 Å². The van der Waals surface area contributed by atoms with Gasteiger partial charge < -0.3 is 16.2 Å². The molecule has 1 fully saturated rings. The lowest BCUT2D eigenvalue weighted by Gasteiger charge is -2.14. The Morgan fingerprint density at radius 1 is 1.29 bits per heavy atom. The minimum absolute atomic E-state index is 0.238. The molecule has 1 unspecified atom stereocenters. The Balaban J connectivity index is 2.63. The third kappa shape index (κ3) is 3.44. The highest BCUT2D eigenvalue weighted by atomic mass is 16.4. The number of carboxylic acids is 1. The molecule has 6 nitrogen and oxygen atoms in total. The molecular weight excluding hydrogens is 224 g/mol. The summed E-state index contributed by atoms with van der Waals surface area (Å²) in [5.74, 6) is -2.88. The van der Waals surface area contributed by atoms with Crippen LogP contribution in [-0.4, -0.2) is 29.4 Å². The topological polar surface area (TPSA) is 109 Å². The fourth-order valence-corrected chi connectivity index (χ4v) is 2.34. The number of nitrogens with two attached hydrogens (primary N) is 1. The minimum Gasteiger partial charge on any atom is -0.481 e. The van der Waals surface area contributed by atoms with Crippen LogP contribution >= 0.6 is 0 Å². The summed E-state index contributed by atoms with van der Waals surface area (Å²) in [7, 11) is 0. The van der Waals surface area contributed by atoms with E-state index < -0.39 is 23.7 Å². The van der Waals surface area contributed by atoms with Crippen molar-refractivity contribution in [2.45, 2.75) is 26.2 Å². The molecule has 4 N–H and O–H groups in total. The first-order chi connectivity index (χ1) is 7.95. The van der Waals surface area contributed by atoms with E-state index in [4.69, 9.17) is 10.8 Å². The monoisotopic (exact) mass is 242 g/mol. The van der Waals surface area contributed by atoms with Gasteiger partial charge in [-0.25, -0.2) is 0 Å². The number of carbonyl (C=O) groups excluding carboxylic acids is 2. The average molecular weight is 242 g/mol. The first-order valence-corrected chi connectivity index (χ1v) is 5.74. The van der Waals surface area contributed by atoms with Crippen molar-refractivity contribution in [1.82, 2.24) is 5.32 Å². The summed E-state index contributed by atoms with van der Waals surface area (Å²) in [6.07, 6.45) is 1.96. The van der Waals surface area contributed by atoms with E-state index >= 15 is 0 Å². The zero-order chi connectivity index (χ0) is 13.0. The summed E-state index contributed by atoms with van der Waals surface area (Å²) in [4.78, 5) is 33.3. The Bertz CT molecular complexity index is 329. The summed E-state index contributed by atoms with van der Waals surface area (Å²) < 4.78 is 0. The van der Waals surface area contributed by atoms with E-state index in [1.54, 1.807) is 0 Å². The van der Waals surface area contributed by atoms with Crippen LogP contribution < -0.4 is 11.1 Å². The van der Waals surface area contributed by atoms with Gasteiger partial charge in [-0.15, -0.1) is 0 Å². The number of rotatable bonds is 5. The molecule has 0 aromatic rings. The molecule has 2 amide bonds. The lowest BCUT2D eigenvalue weighted by molar-refractivity contribution is -0.146. The van der Waals surface area contributed by atoms with Crippen LogP contribution in [0.25, 0.3) is 0 Å². The second kappa shape index (κ2) is 5.65. The molecule has 3 atom stereocenters. The van der Waals surface area contributed by atoms with Gasteiger partial charge in [0.2, 0.25) is 11.8 Å². The second-order valence-electron chi connectivity index (χ2n) is 4.48. The van der Waals surface area contributed by atoms with Crippen molar-refractivity contribution in [3.8, 4) is 0 Å². The molecule has 0 radical (unpaired) electrons. The van der Waals surface area contributed by atoms with E-state index in [0.29, 0.717) is 12.8 Å². The van der Waals surface area contributed by atoms with Crippen molar-refractivity contribution >= 4 is 17.8 Å². The zero-order valence-corrected chi connectivity index (χ0v) is 9.81. The molecule has 0 aromatic heterocycles. The fraction of sp³-hybridized carbons (Fsp3) is 0.727. The third-order valence-corrected chi connectivity index (χ3v) is 3.33. The van der Waals surface area contributed by atoms with E-state index in [0.717, 1.165) is 6.42 Å². The van der Waals surface area contributed by atoms with Crippen LogP contribution in [0.1, 0.15) is 26.2 Å². The number of carboxylic acid groups (broad SMARTS) is 1. The summed E-state index contributed by atoms with van der Waals surface area (Å²) in [5, 5.41) is 11.4. The number of aliphatic carboxylic acids is 1. The number of primary amides is 1. The first-order valence-electron chi connectivity index (χ1n) is 5.74. The van der Waals surface area contributed by atoms with E-state index in [9.17, 15) is 14.4 Å². The van der Waals surface area contributed by atoms with Gasteiger partial charge in [-0.2, -0.15) is 0 Å². The fourth-order valence-electron chi connectivity index (χ4n) is 2.34. The predicted molar refractivity (Wildman–Crippen MR) is 59.8 cm³/mol. The summed E-state index contributed by atoms with van der Waals surface area (Å²) in [6, 6.07) is 0. The standard InChI is InChI=1S/C11H18N2O4/c1-2-6-3-7(8(4-6)11(16)17)10(15)13-5-9(12)14/h6-8H,2-5H2,1H3,(H2,12,14)(H,13,15)(H,16,17)/t6?,7-,8+/m0/s1. The smallest absolute Gasteiger partial charge is 0.307 e. The molecule has 1 aliphatic carbocycles. The molecule has 0 heterocycles. The highest BCUT2D eigenvalue weighted by molar-refractivity contribution is 5.88. The van der Waals surface area contributed by atoms with E-state index in [2.05, 4.69) is 5.32 Å². The van der Waals surface area contributed by atoms with Crippen molar-refractivity contribution in [2.75, 3.05) is 6.54 Å². The maximum Gasteiger partial charge on any atom is 0.307 e. The lowest BCUT2D eigenvalue weighted by Crippen LogP contribution is -2.39. The summed E-state index contributed by atoms with van der Waals surface area (Å²) in [5.41, 5.74) is 4.92. The van der Waals surface area contributed by atoms with E-state index in [1.807, 2.05) is 6.92 Å². The largest absolute Gasteiger partial charge is 0.481 e. The molecule has 96 valence electrons. The number of hydrogen-bond donors (Lipinski definition) is 3. The normalized spacial score (nSPS) is 27.7. The van der Waals surface area contributed by atoms with Gasteiger partial charge in [-0.05, 0) is 18.8 Å². The van der Waals surface area contributed by atoms with Crippen LogP contribution in [0.5, 0.6) is 0 Å². The van der Waals surface area contributed by atoms with Crippen LogP contribution in [0.3, 0.4) is 0 Å². The van der Waals surface area contributed by atoms with Crippen molar-refractivity contribution in [3.05, 3.63) is 0 Å². The van der Waals surface area contributed by atoms with Gasteiger partial charge in [0.05, 0.1) is 18.4 Å². The molecule has 0 bridgehead atoms. The second-order valence-corrected chi connectivity index (χ2v) is 4.48. The van der Waals surface area contributed by atoms with Crippen molar-refractivity contribution < 1.29 is 19.5 Å². The molecule has 0 spiro atoms. The van der Waals surface area contributed by atoms with Gasteiger partial charge in [0.25, 0.3) is 0 Å². The van der Waals surface area contributed by atoms with Crippen LogP contribution in [0, 0.1) is 17.8 Å². The van der Waals surface area contributed by atoms with Crippen molar-refractivity contribution in [1.29, 1.82) is 0 Å². The van der Waals surface area contributed by atoms with Crippen LogP contribution in [0.15, 0.2) is 0 Å². The Morgan fingerprint density at radius 3 is 2.35 bits per heavy atom. The van der Waals surface area contributed by atoms with Crippen molar-refractivity contribution in [2.24, 2.45) is 23.5 Å². The highest BCUT2D eigenvalue weighted by Crippen LogP contribution is 2.38. The third-order valence-electron chi connectivity index (χ3n) is 3.33. The molecule has 17 heavy (non-hydrogen) atoms. The number of amides is 2. The molecule has 6 heteroatoms. The minimum atomic E-state index is -0.944. The number of hydrogen-bond acceptors (Lipinski definition) is 3. The van der Waals surface area contributed by atoms with Gasteiger partial charge in [-0.1, -0.05) is 13.3 Å². The molecule has 0 saturated heterocycles. The lowest BCUT2D eigenvalue weighted by atomic mass is 9.95. The zero-order valence-electron chi connectivity index (χ0n) is 9.81. The summed E-state index contributed by atoms with van der Waals surface area (Å²) in [6.45, 7) is 1.74. The number of carbonyl (C=O) groups is 3. The van der Waals surface area contributed by atoms with E-state index in [1.165, 1.54) is 0 Å². The Labute approximate surface area is 99.6 Å². The van der Waals surface area contributed by atoms with Gasteiger partial charge in [0.1, 0.15) is 0 Å². The Kier molecular flexibility index (Phi) is 4.48. The molecular formula is C11H18N2O4. The predicted octanol–water partition coefficient (Wildman–Crippen LogP) is -0.275. The molecule has 1 rings (SSSR count). The van der Waals surface area contributed by atoms with Gasteiger partial charge in [0, 0.05) is 0 Å². The maximum atomic E-state index is 11.7. The Hall–Kier alpha value is -1.59. The van der Waals surface area contributed by atoms with Gasteiger partial charge in [-0.3, -0.25) is 14.4 Å². The molecule has 1 saturated carbocycles. The average Bonchev–Trinajstić information content (AvgIpc) is 2.69. The highest BCUT2D eigenvalue weighted by Gasteiger charge is 2.41. The first kappa shape index (κ1) is 13.5. The van der Waals surface area contributed by atoms with Crippen molar-refractivity contribution in [3.63, 3.8) is 0 Å². The molecule has 1 aliphatic rings. The van der Waals surface area contributed by atoms with Gasteiger partial charge in [0.15, 0.2) is 0 Å². The van der Waals surface area contributed by atoms with Crippen LogP contribution in [-0.2, 0) is 14.4 Å². The maximum absolute atomic E-state index is 11.7. The van der Waals surface area contributed by atoms with Gasteiger partial charge >= 0.3 is 5.97 Å². The Morgan fingerprint density at radius 2 is 1.88 bits per heavy atom.